The third-order valence-corrected chi connectivity index (χ3v) is 8.54. The van der Waals surface area contributed by atoms with Crippen LogP contribution in [0.2, 0.25) is 5.02 Å². The van der Waals surface area contributed by atoms with Gasteiger partial charge in [0.1, 0.15) is 24.1 Å². The maximum Gasteiger partial charge on any atom is 0.320 e. The lowest BCUT2D eigenvalue weighted by atomic mass is 10.0. The zero-order chi connectivity index (χ0) is 29.2. The van der Waals surface area contributed by atoms with Crippen molar-refractivity contribution in [3.05, 3.63) is 47.5 Å². The fraction of sp³-hybridized carbons (Fsp3) is 0.516. The Morgan fingerprint density at radius 2 is 1.95 bits per heavy atom. The van der Waals surface area contributed by atoms with Gasteiger partial charge < -0.3 is 19.5 Å². The van der Waals surface area contributed by atoms with Crippen molar-refractivity contribution in [3.8, 4) is 11.5 Å². The molecule has 3 heterocycles. The summed E-state index contributed by atoms with van der Waals surface area (Å²) in [4.78, 5) is 25.6. The highest BCUT2D eigenvalue weighted by atomic mass is 35.5. The van der Waals surface area contributed by atoms with E-state index in [2.05, 4.69) is 32.0 Å². The van der Waals surface area contributed by atoms with Crippen LogP contribution in [0, 0.1) is 11.7 Å². The third-order valence-electron chi connectivity index (χ3n) is 8.25. The van der Waals surface area contributed by atoms with E-state index >= 15 is 0 Å². The molecular formula is C31H37ClFN5O4. The zero-order valence-corrected chi connectivity index (χ0v) is 24.8. The van der Waals surface area contributed by atoms with Crippen molar-refractivity contribution < 1.29 is 23.4 Å². The number of rotatable bonds is 10. The van der Waals surface area contributed by atoms with Gasteiger partial charge in [0.25, 0.3) is 0 Å². The molecule has 0 bridgehead atoms. The molecule has 2 atom stereocenters. The molecule has 3 aromatic rings. The van der Waals surface area contributed by atoms with Crippen LogP contribution < -0.4 is 14.8 Å². The second-order valence-electron chi connectivity index (χ2n) is 11.5. The monoisotopic (exact) mass is 597 g/mol. The van der Waals surface area contributed by atoms with Gasteiger partial charge in [-0.3, -0.25) is 14.6 Å². The first-order valence-corrected chi connectivity index (χ1v) is 15.2. The summed E-state index contributed by atoms with van der Waals surface area (Å²) < 4.78 is 32.0. The first-order valence-electron chi connectivity index (χ1n) is 14.8. The standard InChI is InChI=1S/C31H37ClFN5O4/c1-3-29(37-10-8-22(9-11-37)38-15-19(2)41-30(39)16-38)42-28-14-26-23(13-27(28)40-17-20-4-5-20)31(35-18-34-26)36-21-6-7-25(33)24(32)12-21/h6-7,12-14,18-20,22,29H,3-5,8-11,15-17H2,1-2H3,(H,34,35,36). The molecule has 2 unspecified atom stereocenters. The number of fused-ring (bicyclic) bond motifs is 1. The Bertz CT molecular complexity index is 1430. The first kappa shape index (κ1) is 28.9. The number of carbonyl (C=O) groups is 1. The second-order valence-corrected chi connectivity index (χ2v) is 11.9. The molecule has 1 aromatic heterocycles. The number of carbonyl (C=O) groups excluding carboxylic acids is 1. The summed E-state index contributed by atoms with van der Waals surface area (Å²) in [6.45, 7) is 7.63. The van der Waals surface area contributed by atoms with E-state index in [-0.39, 0.29) is 23.3 Å². The number of morpholine rings is 1. The Morgan fingerprint density at radius 1 is 1.14 bits per heavy atom. The van der Waals surface area contributed by atoms with Crippen LogP contribution in [0.3, 0.4) is 0 Å². The molecule has 1 N–H and O–H groups in total. The van der Waals surface area contributed by atoms with Crippen LogP contribution in [0.15, 0.2) is 36.7 Å². The Labute approximate surface area is 250 Å². The molecule has 1 aliphatic carbocycles. The average molecular weight is 598 g/mol. The van der Waals surface area contributed by atoms with Gasteiger partial charge in [0.05, 0.1) is 23.7 Å². The van der Waals surface area contributed by atoms with E-state index in [4.69, 9.17) is 25.8 Å². The van der Waals surface area contributed by atoms with Gasteiger partial charge in [-0.15, -0.1) is 0 Å². The van der Waals surface area contributed by atoms with E-state index in [0.717, 1.165) is 44.3 Å². The summed E-state index contributed by atoms with van der Waals surface area (Å²) in [7, 11) is 0. The lowest BCUT2D eigenvalue weighted by Crippen LogP contribution is -2.54. The molecule has 2 aromatic carbocycles. The SMILES string of the molecule is CCC(Oc1cc2ncnc(Nc3ccc(F)c(Cl)c3)c2cc1OCC1CC1)N1CCC(N2CC(=O)OC(C)C2)CC1. The number of cyclic esters (lactones) is 1. The Kier molecular flexibility index (Phi) is 8.65. The van der Waals surface area contributed by atoms with E-state index in [0.29, 0.717) is 53.6 Å². The summed E-state index contributed by atoms with van der Waals surface area (Å²) in [5.41, 5.74) is 1.32. The van der Waals surface area contributed by atoms with Gasteiger partial charge in [0, 0.05) is 42.8 Å². The summed E-state index contributed by atoms with van der Waals surface area (Å²) in [6.07, 6.45) is 6.39. The highest BCUT2D eigenvalue weighted by Gasteiger charge is 2.33. The number of piperidine rings is 1. The van der Waals surface area contributed by atoms with E-state index in [9.17, 15) is 9.18 Å². The quantitative estimate of drug-likeness (QED) is 0.292. The molecule has 224 valence electrons. The van der Waals surface area contributed by atoms with E-state index in [1.54, 1.807) is 6.07 Å². The molecule has 0 radical (unpaired) electrons. The minimum absolute atomic E-state index is 0.0325. The van der Waals surface area contributed by atoms with Crippen molar-refractivity contribution in [2.75, 3.05) is 38.1 Å². The predicted molar refractivity (Wildman–Crippen MR) is 159 cm³/mol. The maximum atomic E-state index is 13.7. The Hall–Kier alpha value is -3.21. The normalized spacial score (nSPS) is 21.2. The molecule has 6 rings (SSSR count). The number of halogens is 2. The number of likely N-dealkylation sites (tertiary alicyclic amines) is 1. The Balaban J connectivity index is 1.20. The third kappa shape index (κ3) is 6.71. The molecule has 42 heavy (non-hydrogen) atoms. The van der Waals surface area contributed by atoms with Crippen molar-refractivity contribution in [3.63, 3.8) is 0 Å². The first-order chi connectivity index (χ1) is 20.4. The number of anilines is 2. The minimum atomic E-state index is -0.479. The van der Waals surface area contributed by atoms with Gasteiger partial charge in [-0.25, -0.2) is 14.4 Å². The predicted octanol–water partition coefficient (Wildman–Crippen LogP) is 5.78. The van der Waals surface area contributed by atoms with Gasteiger partial charge in [0.2, 0.25) is 0 Å². The summed E-state index contributed by atoms with van der Waals surface area (Å²) in [6, 6.07) is 8.67. The lowest BCUT2D eigenvalue weighted by Gasteiger charge is -2.42. The molecule has 9 nitrogen and oxygen atoms in total. The van der Waals surface area contributed by atoms with Crippen LogP contribution in [-0.4, -0.2) is 76.9 Å². The molecule has 1 saturated carbocycles. The van der Waals surface area contributed by atoms with Gasteiger partial charge in [0.15, 0.2) is 17.7 Å². The van der Waals surface area contributed by atoms with Gasteiger partial charge >= 0.3 is 5.97 Å². The van der Waals surface area contributed by atoms with Crippen molar-refractivity contribution in [2.45, 2.75) is 64.3 Å². The number of esters is 1. The molecular weight excluding hydrogens is 561 g/mol. The molecule has 0 amide bonds. The highest BCUT2D eigenvalue weighted by Crippen LogP contribution is 2.38. The number of nitrogens with zero attached hydrogens (tertiary/aromatic N) is 4. The smallest absolute Gasteiger partial charge is 0.320 e. The van der Waals surface area contributed by atoms with Crippen LogP contribution >= 0.6 is 11.6 Å². The van der Waals surface area contributed by atoms with Gasteiger partial charge in [-0.1, -0.05) is 18.5 Å². The van der Waals surface area contributed by atoms with Crippen LogP contribution in [0.5, 0.6) is 11.5 Å². The number of hydrogen-bond donors (Lipinski definition) is 1. The fourth-order valence-electron chi connectivity index (χ4n) is 5.81. The van der Waals surface area contributed by atoms with Crippen LogP contribution in [0.1, 0.15) is 46.0 Å². The van der Waals surface area contributed by atoms with Crippen LogP contribution in [0.4, 0.5) is 15.9 Å². The number of aromatic nitrogens is 2. The fourth-order valence-corrected chi connectivity index (χ4v) is 5.99. The minimum Gasteiger partial charge on any atom is -0.489 e. The van der Waals surface area contributed by atoms with Crippen molar-refractivity contribution in [2.24, 2.45) is 5.92 Å². The second kappa shape index (κ2) is 12.6. The van der Waals surface area contributed by atoms with Gasteiger partial charge in [-0.05, 0) is 69.2 Å². The number of hydrogen-bond acceptors (Lipinski definition) is 9. The van der Waals surface area contributed by atoms with E-state index < -0.39 is 5.82 Å². The topological polar surface area (TPSA) is 89.1 Å². The van der Waals surface area contributed by atoms with Crippen LogP contribution in [0.25, 0.3) is 10.9 Å². The molecule has 3 fully saturated rings. The lowest BCUT2D eigenvalue weighted by molar-refractivity contribution is -0.159. The largest absolute Gasteiger partial charge is 0.489 e. The number of benzene rings is 2. The molecule has 11 heteroatoms. The summed E-state index contributed by atoms with van der Waals surface area (Å²) in [5.74, 6) is 1.82. The summed E-state index contributed by atoms with van der Waals surface area (Å²) >= 11 is 6.00. The maximum absolute atomic E-state index is 13.7. The summed E-state index contributed by atoms with van der Waals surface area (Å²) in [5, 5.41) is 4.04. The zero-order valence-electron chi connectivity index (χ0n) is 24.0. The number of nitrogens with one attached hydrogen (secondary N) is 1. The van der Waals surface area contributed by atoms with Crippen molar-refractivity contribution >= 4 is 40.0 Å². The van der Waals surface area contributed by atoms with Gasteiger partial charge in [-0.2, -0.15) is 0 Å². The molecule has 2 saturated heterocycles. The van der Waals surface area contributed by atoms with E-state index in [1.165, 1.54) is 31.3 Å². The van der Waals surface area contributed by atoms with Crippen molar-refractivity contribution in [1.82, 2.24) is 19.8 Å². The van der Waals surface area contributed by atoms with Crippen LogP contribution in [-0.2, 0) is 9.53 Å². The molecule has 2 aliphatic heterocycles. The van der Waals surface area contributed by atoms with E-state index in [1.807, 2.05) is 19.1 Å². The average Bonchev–Trinajstić information content (AvgIpc) is 3.81. The Morgan fingerprint density at radius 3 is 2.67 bits per heavy atom. The number of ether oxygens (including phenoxy) is 3. The highest BCUT2D eigenvalue weighted by molar-refractivity contribution is 6.31. The molecule has 0 spiro atoms. The van der Waals surface area contributed by atoms with Crippen molar-refractivity contribution in [1.29, 1.82) is 0 Å². The molecule has 3 aliphatic rings.